The molecule has 6 heteroatoms. The fraction of sp³-hybridized carbons (Fsp3) is 0. The Labute approximate surface area is 392 Å². The SMILES string of the molecule is c1ccc(-c2cc(-c3ccccc3)nc(-c3ccc4ccc(-c5ccc6ccc(-c7ccc8cc(-c9ccc%10ccc%11ccc(-c%12ccccc%12)nc%11c%10n9)ccc8c7)cc6n5)cc4n3)n2)cc1. The van der Waals surface area contributed by atoms with Crippen molar-refractivity contribution < 1.29 is 0 Å². The predicted octanol–water partition coefficient (Wildman–Crippen LogP) is 15.5. The van der Waals surface area contributed by atoms with Gasteiger partial charge in [-0.1, -0.05) is 176 Å². The summed E-state index contributed by atoms with van der Waals surface area (Å²) in [5.41, 5.74) is 16.2. The average molecular weight is 867 g/mol. The van der Waals surface area contributed by atoms with Gasteiger partial charge in [-0.05, 0) is 76.5 Å². The molecule has 0 aliphatic carbocycles. The Morgan fingerprint density at radius 2 is 0.544 bits per heavy atom. The summed E-state index contributed by atoms with van der Waals surface area (Å²) in [6.07, 6.45) is 0. The van der Waals surface area contributed by atoms with E-state index < -0.39 is 0 Å². The minimum atomic E-state index is 0.578. The summed E-state index contributed by atoms with van der Waals surface area (Å²) in [7, 11) is 0. The van der Waals surface area contributed by atoms with Gasteiger partial charge in [-0.2, -0.15) is 0 Å². The Morgan fingerprint density at radius 1 is 0.191 bits per heavy atom. The second-order valence-electron chi connectivity index (χ2n) is 17.1. The molecule has 5 heterocycles. The van der Waals surface area contributed by atoms with Gasteiger partial charge in [0, 0.05) is 49.4 Å². The summed E-state index contributed by atoms with van der Waals surface area (Å²) in [5, 5.41) is 6.56. The van der Waals surface area contributed by atoms with E-state index in [2.05, 4.69) is 164 Å². The lowest BCUT2D eigenvalue weighted by atomic mass is 9.98. The number of aromatic nitrogens is 6. The number of hydrogen-bond acceptors (Lipinski definition) is 6. The molecule has 5 aromatic heterocycles. The zero-order chi connectivity index (χ0) is 45.0. The Morgan fingerprint density at radius 3 is 1.10 bits per heavy atom. The van der Waals surface area contributed by atoms with Crippen molar-refractivity contribution in [2.45, 2.75) is 0 Å². The van der Waals surface area contributed by atoms with Crippen LogP contribution < -0.4 is 0 Å². The maximum atomic E-state index is 5.22. The average Bonchev–Trinajstić information content (AvgIpc) is 3.42. The van der Waals surface area contributed by atoms with E-state index in [9.17, 15) is 0 Å². The van der Waals surface area contributed by atoms with Crippen LogP contribution in [0.15, 0.2) is 231 Å². The van der Waals surface area contributed by atoms with Crippen LogP contribution in [0.5, 0.6) is 0 Å². The highest BCUT2D eigenvalue weighted by atomic mass is 14.9. The summed E-state index contributed by atoms with van der Waals surface area (Å²) in [4.78, 5) is 30.7. The third-order valence-corrected chi connectivity index (χ3v) is 12.8. The molecule has 0 atom stereocenters. The Kier molecular flexibility index (Phi) is 9.39. The van der Waals surface area contributed by atoms with Gasteiger partial charge in [0.1, 0.15) is 5.69 Å². The quantitative estimate of drug-likeness (QED) is 0.149. The lowest BCUT2D eigenvalue weighted by molar-refractivity contribution is 1.16. The number of hydrogen-bond donors (Lipinski definition) is 0. The first-order valence-electron chi connectivity index (χ1n) is 22.7. The van der Waals surface area contributed by atoms with Gasteiger partial charge in [0.2, 0.25) is 0 Å². The van der Waals surface area contributed by atoms with Gasteiger partial charge in [0.25, 0.3) is 0 Å². The molecule has 0 saturated heterocycles. The molecule has 0 saturated carbocycles. The molecule has 0 unspecified atom stereocenters. The summed E-state index contributed by atoms with van der Waals surface area (Å²) < 4.78 is 0. The molecule has 0 aliphatic heterocycles. The molecule has 0 fully saturated rings. The number of fused-ring (bicyclic) bond motifs is 6. The van der Waals surface area contributed by atoms with Crippen LogP contribution in [0.1, 0.15) is 0 Å². The van der Waals surface area contributed by atoms with Gasteiger partial charge in [-0.3, -0.25) is 0 Å². The van der Waals surface area contributed by atoms with Gasteiger partial charge in [-0.25, -0.2) is 29.9 Å². The largest absolute Gasteiger partial charge is 0.248 e. The van der Waals surface area contributed by atoms with E-state index in [4.69, 9.17) is 29.9 Å². The van der Waals surface area contributed by atoms with Crippen LogP contribution in [-0.2, 0) is 0 Å². The lowest BCUT2D eigenvalue weighted by Gasteiger charge is -2.10. The van der Waals surface area contributed by atoms with Crippen LogP contribution in [0, 0.1) is 0 Å². The third-order valence-electron chi connectivity index (χ3n) is 12.8. The Bertz CT molecular complexity index is 4020. The monoisotopic (exact) mass is 866 g/mol. The smallest absolute Gasteiger partial charge is 0.179 e. The van der Waals surface area contributed by atoms with Gasteiger partial charge < -0.3 is 0 Å². The minimum absolute atomic E-state index is 0.578. The fourth-order valence-corrected chi connectivity index (χ4v) is 9.22. The Hall–Kier alpha value is -9.26. The molecule has 6 nitrogen and oxygen atoms in total. The topological polar surface area (TPSA) is 77.3 Å². The predicted molar refractivity (Wildman–Crippen MR) is 279 cm³/mol. The molecule has 0 bridgehead atoms. The molecule has 13 rings (SSSR count). The van der Waals surface area contributed by atoms with Crippen LogP contribution in [0.25, 0.3) is 133 Å². The summed E-state index contributed by atoms with van der Waals surface area (Å²) in [5.74, 6) is 0.578. The molecule has 0 amide bonds. The van der Waals surface area contributed by atoms with E-state index in [1.165, 1.54) is 0 Å². The van der Waals surface area contributed by atoms with Gasteiger partial charge in [0.15, 0.2) is 5.82 Å². The zero-order valence-corrected chi connectivity index (χ0v) is 36.6. The van der Waals surface area contributed by atoms with Crippen molar-refractivity contribution in [1.82, 2.24) is 29.9 Å². The van der Waals surface area contributed by atoms with Crippen molar-refractivity contribution in [2.75, 3.05) is 0 Å². The van der Waals surface area contributed by atoms with Crippen molar-refractivity contribution in [3.63, 3.8) is 0 Å². The molecule has 0 spiro atoms. The van der Waals surface area contributed by atoms with E-state index in [0.717, 1.165) is 122 Å². The van der Waals surface area contributed by atoms with Crippen LogP contribution in [0.2, 0.25) is 0 Å². The summed E-state index contributed by atoms with van der Waals surface area (Å²) >= 11 is 0. The number of benzene rings is 8. The first kappa shape index (κ1) is 39.1. The van der Waals surface area contributed by atoms with Crippen molar-refractivity contribution in [2.24, 2.45) is 0 Å². The standard InChI is InChI=1S/C62H38N6/c1-4-10-39(11-5-1)52-31-28-44-18-19-45-29-32-54(66-61(45)60(44)65-52)50-25-23-46-34-47(21-22-48(46)35-50)49-20-16-42-26-30-53(63-56(42)36-49)51-24-17-43-27-33-55(64-57(43)37-51)62-67-58(40-12-6-2-7-13-40)38-59(68-62)41-14-8-3-9-15-41/h1-38H. The highest BCUT2D eigenvalue weighted by Gasteiger charge is 2.14. The zero-order valence-electron chi connectivity index (χ0n) is 36.6. The third kappa shape index (κ3) is 7.27. The van der Waals surface area contributed by atoms with Crippen LogP contribution >= 0.6 is 0 Å². The molecule has 0 aliphatic rings. The second-order valence-corrected chi connectivity index (χ2v) is 17.1. The first-order valence-corrected chi connectivity index (χ1v) is 22.7. The van der Waals surface area contributed by atoms with E-state index in [1.807, 2.05) is 66.7 Å². The van der Waals surface area contributed by atoms with Crippen molar-refractivity contribution in [3.05, 3.63) is 231 Å². The summed E-state index contributed by atoms with van der Waals surface area (Å²) in [6.45, 7) is 0. The molecule has 13 aromatic rings. The van der Waals surface area contributed by atoms with Gasteiger partial charge in [-0.15, -0.1) is 0 Å². The van der Waals surface area contributed by atoms with Crippen molar-refractivity contribution >= 4 is 54.4 Å². The highest BCUT2D eigenvalue weighted by molar-refractivity contribution is 6.04. The molecular weight excluding hydrogens is 829 g/mol. The normalized spacial score (nSPS) is 11.5. The maximum Gasteiger partial charge on any atom is 0.179 e. The molecule has 316 valence electrons. The number of rotatable bonds is 7. The molecule has 0 N–H and O–H groups in total. The minimum Gasteiger partial charge on any atom is -0.248 e. The van der Waals surface area contributed by atoms with E-state index in [0.29, 0.717) is 11.5 Å². The van der Waals surface area contributed by atoms with Gasteiger partial charge >= 0.3 is 0 Å². The fourth-order valence-electron chi connectivity index (χ4n) is 9.22. The van der Waals surface area contributed by atoms with Crippen LogP contribution in [0.4, 0.5) is 0 Å². The van der Waals surface area contributed by atoms with Gasteiger partial charge in [0.05, 0.1) is 50.5 Å². The molecule has 8 aromatic carbocycles. The molecular formula is C62H38N6. The lowest BCUT2D eigenvalue weighted by Crippen LogP contribution is -1.97. The van der Waals surface area contributed by atoms with Crippen LogP contribution in [-0.4, -0.2) is 29.9 Å². The molecule has 68 heavy (non-hydrogen) atoms. The number of nitrogens with zero attached hydrogens (tertiary/aromatic N) is 6. The first-order chi connectivity index (χ1) is 33.6. The van der Waals surface area contributed by atoms with E-state index in [-0.39, 0.29) is 0 Å². The van der Waals surface area contributed by atoms with Crippen molar-refractivity contribution in [3.8, 4) is 78.9 Å². The van der Waals surface area contributed by atoms with Crippen molar-refractivity contribution in [1.29, 1.82) is 0 Å². The summed E-state index contributed by atoms with van der Waals surface area (Å²) in [6, 6.07) is 80.0. The van der Waals surface area contributed by atoms with E-state index in [1.54, 1.807) is 0 Å². The molecule has 0 radical (unpaired) electrons. The highest BCUT2D eigenvalue weighted by Crippen LogP contribution is 2.34. The Balaban J connectivity index is 0.806. The van der Waals surface area contributed by atoms with E-state index >= 15 is 0 Å². The second kappa shape index (κ2) is 16.3. The maximum absolute atomic E-state index is 5.22. The number of pyridine rings is 4. The van der Waals surface area contributed by atoms with Crippen LogP contribution in [0.3, 0.4) is 0 Å².